The first-order valence-corrected chi connectivity index (χ1v) is 9.00. The highest BCUT2D eigenvalue weighted by Gasteiger charge is 2.27. The number of para-hydroxylation sites is 2. The van der Waals surface area contributed by atoms with Crippen molar-refractivity contribution < 1.29 is 13.9 Å². The molecule has 0 spiro atoms. The summed E-state index contributed by atoms with van der Waals surface area (Å²) in [6.45, 7) is 7.16. The zero-order valence-corrected chi connectivity index (χ0v) is 16.3. The Bertz CT molecular complexity index is 1070. The fourth-order valence-electron chi connectivity index (χ4n) is 2.82. The Hall–Kier alpha value is -3.22. The lowest BCUT2D eigenvalue weighted by molar-refractivity contribution is 0.0579. The average Bonchev–Trinajstić information content (AvgIpc) is 2.63. The van der Waals surface area contributed by atoms with Gasteiger partial charge in [0.05, 0.1) is 11.1 Å². The molecule has 146 valence electrons. The van der Waals surface area contributed by atoms with Crippen molar-refractivity contribution in [1.29, 1.82) is 0 Å². The third-order valence-corrected chi connectivity index (χ3v) is 4.02. The fraction of sp³-hybridized carbons (Fsp3) is 0.286. The van der Waals surface area contributed by atoms with Crippen molar-refractivity contribution in [2.24, 2.45) is 0 Å². The summed E-state index contributed by atoms with van der Waals surface area (Å²) in [4.78, 5) is 31.5. The average molecular weight is 383 g/mol. The van der Waals surface area contributed by atoms with Crippen LogP contribution in [0.5, 0.6) is 0 Å². The largest absolute Gasteiger partial charge is 0.443 e. The number of carbonyl (C=O) groups excluding carboxylic acids is 1. The van der Waals surface area contributed by atoms with Crippen LogP contribution >= 0.6 is 0 Å². The van der Waals surface area contributed by atoms with Crippen LogP contribution in [0.1, 0.15) is 27.7 Å². The Morgan fingerprint density at radius 1 is 1.14 bits per heavy atom. The molecule has 0 fully saturated rings. The van der Waals surface area contributed by atoms with Crippen LogP contribution in [0.4, 0.5) is 15.1 Å². The highest BCUT2D eigenvalue weighted by molar-refractivity contribution is 5.88. The van der Waals surface area contributed by atoms with Crippen molar-refractivity contribution in [2.45, 2.75) is 33.3 Å². The molecule has 1 aromatic heterocycles. The summed E-state index contributed by atoms with van der Waals surface area (Å²) in [5.41, 5.74) is -0.766. The first kappa shape index (κ1) is 19.5. The molecule has 0 aliphatic heterocycles. The summed E-state index contributed by atoms with van der Waals surface area (Å²) in [7, 11) is 0. The lowest BCUT2D eigenvalue weighted by Gasteiger charge is -2.27. The molecule has 3 aromatic rings. The molecule has 0 unspecified atom stereocenters. The van der Waals surface area contributed by atoms with Crippen molar-refractivity contribution in [3.05, 3.63) is 64.7 Å². The molecule has 28 heavy (non-hydrogen) atoms. The summed E-state index contributed by atoms with van der Waals surface area (Å²) < 4.78 is 21.1. The Morgan fingerprint density at radius 2 is 1.82 bits per heavy atom. The normalized spacial score (nSPS) is 11.5. The van der Waals surface area contributed by atoms with Gasteiger partial charge in [0.1, 0.15) is 16.9 Å². The second-order valence-electron chi connectivity index (χ2n) is 7.25. The number of benzene rings is 2. The second-order valence-corrected chi connectivity index (χ2v) is 7.25. The van der Waals surface area contributed by atoms with Crippen LogP contribution in [-0.4, -0.2) is 27.8 Å². The third-order valence-electron chi connectivity index (χ3n) is 4.02. The van der Waals surface area contributed by atoms with E-state index in [1.54, 1.807) is 52.0 Å². The maximum absolute atomic E-state index is 14.4. The van der Waals surface area contributed by atoms with E-state index < -0.39 is 23.1 Å². The SMILES string of the molecule is CCN(C(=O)OC(C)(C)C)c1nc2c(F)cccc2c(=O)n1-c1ccccc1. The van der Waals surface area contributed by atoms with E-state index in [1.807, 2.05) is 6.07 Å². The summed E-state index contributed by atoms with van der Waals surface area (Å²) in [5, 5.41) is 0.132. The molecular weight excluding hydrogens is 361 g/mol. The van der Waals surface area contributed by atoms with Gasteiger partial charge in [0.25, 0.3) is 5.56 Å². The molecule has 1 heterocycles. The molecule has 0 bridgehead atoms. The number of hydrogen-bond donors (Lipinski definition) is 0. The maximum Gasteiger partial charge on any atom is 0.417 e. The zero-order valence-electron chi connectivity index (χ0n) is 16.3. The fourth-order valence-corrected chi connectivity index (χ4v) is 2.82. The summed E-state index contributed by atoms with van der Waals surface area (Å²) in [5.74, 6) is -0.623. The van der Waals surface area contributed by atoms with Crippen LogP contribution in [-0.2, 0) is 4.74 Å². The number of aromatic nitrogens is 2. The molecule has 0 aliphatic carbocycles. The number of halogens is 1. The van der Waals surface area contributed by atoms with Crippen molar-refractivity contribution in [2.75, 3.05) is 11.4 Å². The standard InChI is InChI=1S/C21H22FN3O3/c1-5-24(20(27)28-21(2,3)4)19-23-17-15(12-9-13-16(17)22)18(26)25(19)14-10-7-6-8-11-14/h6-13H,5H2,1-4H3. The van der Waals surface area contributed by atoms with Crippen LogP contribution in [0, 0.1) is 5.82 Å². The third kappa shape index (κ3) is 3.74. The van der Waals surface area contributed by atoms with E-state index >= 15 is 0 Å². The monoisotopic (exact) mass is 383 g/mol. The number of carbonyl (C=O) groups is 1. The highest BCUT2D eigenvalue weighted by Crippen LogP contribution is 2.22. The summed E-state index contributed by atoms with van der Waals surface area (Å²) in [6, 6.07) is 13.0. The topological polar surface area (TPSA) is 64.4 Å². The van der Waals surface area contributed by atoms with E-state index in [9.17, 15) is 14.0 Å². The Kier molecular flexibility index (Phi) is 5.18. The van der Waals surface area contributed by atoms with Gasteiger partial charge >= 0.3 is 6.09 Å². The number of anilines is 1. The molecule has 1 amide bonds. The van der Waals surface area contributed by atoms with E-state index in [-0.39, 0.29) is 23.4 Å². The molecule has 0 aliphatic rings. The quantitative estimate of drug-likeness (QED) is 0.677. The van der Waals surface area contributed by atoms with Crippen LogP contribution < -0.4 is 10.5 Å². The van der Waals surface area contributed by atoms with Gasteiger partial charge in [0.15, 0.2) is 0 Å². The summed E-state index contributed by atoms with van der Waals surface area (Å²) in [6.07, 6.45) is -0.665. The molecule has 7 heteroatoms. The Morgan fingerprint density at radius 3 is 2.43 bits per heavy atom. The molecule has 0 N–H and O–H groups in total. The van der Waals surface area contributed by atoms with Gasteiger partial charge in [-0.2, -0.15) is 0 Å². The predicted octanol–water partition coefficient (Wildman–Crippen LogP) is 4.29. The summed E-state index contributed by atoms with van der Waals surface area (Å²) >= 11 is 0. The minimum Gasteiger partial charge on any atom is -0.443 e. The number of ether oxygens (including phenoxy) is 1. The molecule has 2 aromatic carbocycles. The number of fused-ring (bicyclic) bond motifs is 1. The lowest BCUT2D eigenvalue weighted by Crippen LogP contribution is -2.40. The van der Waals surface area contributed by atoms with Crippen molar-refractivity contribution in [3.63, 3.8) is 0 Å². The second kappa shape index (κ2) is 7.42. The Labute approximate surface area is 162 Å². The van der Waals surface area contributed by atoms with Gasteiger partial charge in [-0.15, -0.1) is 0 Å². The molecule has 0 saturated carbocycles. The van der Waals surface area contributed by atoms with Gasteiger partial charge in [-0.05, 0) is 52.0 Å². The van der Waals surface area contributed by atoms with Crippen molar-refractivity contribution >= 4 is 22.9 Å². The zero-order chi connectivity index (χ0) is 20.5. The molecular formula is C21H22FN3O3. The van der Waals surface area contributed by atoms with Gasteiger partial charge in [0.2, 0.25) is 5.95 Å². The van der Waals surface area contributed by atoms with Gasteiger partial charge in [0, 0.05) is 6.54 Å². The number of amides is 1. The van der Waals surface area contributed by atoms with Gasteiger partial charge < -0.3 is 4.74 Å². The van der Waals surface area contributed by atoms with Gasteiger partial charge in [-0.25, -0.2) is 23.6 Å². The van der Waals surface area contributed by atoms with E-state index in [0.717, 1.165) is 0 Å². The van der Waals surface area contributed by atoms with E-state index in [1.165, 1.54) is 27.7 Å². The Balaban J connectivity index is 2.32. The van der Waals surface area contributed by atoms with Crippen molar-refractivity contribution in [3.8, 4) is 5.69 Å². The molecule has 0 saturated heterocycles. The lowest BCUT2D eigenvalue weighted by atomic mass is 10.2. The van der Waals surface area contributed by atoms with Crippen LogP contribution in [0.15, 0.2) is 53.3 Å². The van der Waals surface area contributed by atoms with E-state index in [0.29, 0.717) is 5.69 Å². The van der Waals surface area contributed by atoms with Gasteiger partial charge in [-0.3, -0.25) is 4.79 Å². The molecule has 0 radical (unpaired) electrons. The molecule has 3 rings (SSSR count). The maximum atomic E-state index is 14.4. The first-order valence-electron chi connectivity index (χ1n) is 9.00. The number of hydrogen-bond acceptors (Lipinski definition) is 4. The van der Waals surface area contributed by atoms with Crippen LogP contribution in [0.25, 0.3) is 16.6 Å². The minimum atomic E-state index is -0.732. The first-order chi connectivity index (χ1) is 13.2. The number of nitrogens with zero attached hydrogens (tertiary/aromatic N) is 3. The van der Waals surface area contributed by atoms with Crippen LogP contribution in [0.3, 0.4) is 0 Å². The van der Waals surface area contributed by atoms with E-state index in [2.05, 4.69) is 4.98 Å². The van der Waals surface area contributed by atoms with Crippen molar-refractivity contribution in [1.82, 2.24) is 9.55 Å². The number of rotatable bonds is 3. The minimum absolute atomic E-state index is 0.00514. The molecule has 6 nitrogen and oxygen atoms in total. The highest BCUT2D eigenvalue weighted by atomic mass is 19.1. The smallest absolute Gasteiger partial charge is 0.417 e. The molecule has 0 atom stereocenters. The van der Waals surface area contributed by atoms with Crippen LogP contribution in [0.2, 0.25) is 0 Å². The van der Waals surface area contributed by atoms with Gasteiger partial charge in [-0.1, -0.05) is 24.3 Å². The van der Waals surface area contributed by atoms with E-state index in [4.69, 9.17) is 4.74 Å². The predicted molar refractivity (Wildman–Crippen MR) is 107 cm³/mol.